The number of aromatic nitrogens is 2. The normalized spacial score (nSPS) is 19.2. The van der Waals surface area contributed by atoms with Crippen molar-refractivity contribution >= 4 is 23.5 Å². The topological polar surface area (TPSA) is 58.1 Å². The van der Waals surface area contributed by atoms with Gasteiger partial charge in [0.05, 0.1) is 0 Å². The molecule has 1 aromatic heterocycles. The molecule has 0 bridgehead atoms. The lowest BCUT2D eigenvalue weighted by Gasteiger charge is -2.34. The van der Waals surface area contributed by atoms with E-state index in [1.165, 1.54) is 32.1 Å². The van der Waals surface area contributed by atoms with E-state index in [1.54, 1.807) is 11.8 Å². The van der Waals surface area contributed by atoms with Crippen LogP contribution >= 0.6 is 11.8 Å². The number of anilines is 1. The van der Waals surface area contributed by atoms with Crippen LogP contribution in [0.2, 0.25) is 0 Å². The number of carbonyl (C=O) groups is 1. The lowest BCUT2D eigenvalue weighted by atomic mass is 10.0. The van der Waals surface area contributed by atoms with Gasteiger partial charge < -0.3 is 10.2 Å². The van der Waals surface area contributed by atoms with Crippen LogP contribution in [0.4, 0.5) is 5.82 Å². The zero-order valence-corrected chi connectivity index (χ0v) is 18.2. The fraction of sp³-hybridized carbons (Fsp3) is 0.522. The van der Waals surface area contributed by atoms with Crippen LogP contribution in [0.25, 0.3) is 0 Å². The summed E-state index contributed by atoms with van der Waals surface area (Å²) in [6.07, 6.45) is 6.23. The van der Waals surface area contributed by atoms with Crippen LogP contribution in [0, 0.1) is 12.8 Å². The third kappa shape index (κ3) is 5.50. The Morgan fingerprint density at radius 3 is 2.86 bits per heavy atom. The van der Waals surface area contributed by atoms with Crippen molar-refractivity contribution in [1.29, 1.82) is 0 Å². The summed E-state index contributed by atoms with van der Waals surface area (Å²) < 4.78 is 0. The largest absolute Gasteiger partial charge is 0.354 e. The molecule has 1 atom stereocenters. The van der Waals surface area contributed by atoms with Gasteiger partial charge in [-0.1, -0.05) is 23.9 Å². The van der Waals surface area contributed by atoms with Gasteiger partial charge in [0, 0.05) is 42.2 Å². The van der Waals surface area contributed by atoms with Crippen LogP contribution in [-0.2, 0) is 5.75 Å². The molecule has 1 aromatic carbocycles. The monoisotopic (exact) mass is 410 g/mol. The third-order valence-corrected chi connectivity index (χ3v) is 6.64. The molecule has 29 heavy (non-hydrogen) atoms. The van der Waals surface area contributed by atoms with Crippen molar-refractivity contribution < 1.29 is 4.79 Å². The number of rotatable bonds is 7. The molecule has 2 heterocycles. The second-order valence-corrected chi connectivity index (χ2v) is 9.27. The van der Waals surface area contributed by atoms with Crippen LogP contribution in [-0.4, -0.2) is 35.0 Å². The number of amides is 1. The molecule has 1 amide bonds. The first kappa shape index (κ1) is 20.2. The molecule has 154 valence electrons. The first-order valence-electron chi connectivity index (χ1n) is 10.7. The van der Waals surface area contributed by atoms with E-state index in [2.05, 4.69) is 34.3 Å². The van der Waals surface area contributed by atoms with E-state index in [0.29, 0.717) is 12.0 Å². The Bertz CT molecular complexity index is 868. The molecule has 2 aromatic rings. The lowest BCUT2D eigenvalue weighted by molar-refractivity contribution is 0.0951. The summed E-state index contributed by atoms with van der Waals surface area (Å²) in [7, 11) is 0. The molecule has 2 aliphatic rings. The molecule has 4 rings (SSSR count). The van der Waals surface area contributed by atoms with Gasteiger partial charge in [-0.05, 0) is 69.6 Å². The third-order valence-electron chi connectivity index (χ3n) is 5.72. The highest BCUT2D eigenvalue weighted by Crippen LogP contribution is 2.28. The van der Waals surface area contributed by atoms with Gasteiger partial charge in [0.1, 0.15) is 5.82 Å². The molecule has 6 heteroatoms. The number of benzene rings is 1. The number of hydrogen-bond acceptors (Lipinski definition) is 5. The minimum atomic E-state index is 0.0249. The predicted octanol–water partition coefficient (Wildman–Crippen LogP) is 4.60. The first-order valence-corrected chi connectivity index (χ1v) is 11.7. The number of nitrogens with one attached hydrogen (secondary N) is 1. The molecule has 0 radical (unpaired) electrons. The van der Waals surface area contributed by atoms with Crippen molar-refractivity contribution in [3.63, 3.8) is 0 Å². The lowest BCUT2D eigenvalue weighted by Crippen LogP contribution is -2.38. The van der Waals surface area contributed by atoms with Gasteiger partial charge in [-0.2, -0.15) is 0 Å². The number of thioether (sulfide) groups is 1. The second-order valence-electron chi connectivity index (χ2n) is 8.33. The highest BCUT2D eigenvalue weighted by atomic mass is 32.2. The Labute approximate surface area is 177 Å². The quantitative estimate of drug-likeness (QED) is 0.534. The number of aryl methyl sites for hydroxylation is 1. The maximum Gasteiger partial charge on any atom is 0.251 e. The molecular weight excluding hydrogens is 380 g/mol. The summed E-state index contributed by atoms with van der Waals surface area (Å²) >= 11 is 1.64. The van der Waals surface area contributed by atoms with E-state index in [4.69, 9.17) is 4.98 Å². The SMILES string of the molecule is Cc1cc(N2CCCCC2C)nc(SCc2cccc(C(=O)NCC3CC3)c2)n1. The van der Waals surface area contributed by atoms with Crippen molar-refractivity contribution in [1.82, 2.24) is 15.3 Å². The molecule has 1 saturated carbocycles. The summed E-state index contributed by atoms with van der Waals surface area (Å²) in [6, 6.07) is 10.5. The standard InChI is InChI=1S/C23H30N4OS/c1-16-12-21(27-11-4-3-6-17(27)2)26-23(25-16)29-15-19-7-5-8-20(13-19)22(28)24-14-18-9-10-18/h5,7-8,12-13,17-18H,3-4,6,9-11,14-15H2,1-2H3,(H,24,28). The van der Waals surface area contributed by atoms with E-state index in [1.807, 2.05) is 25.1 Å². The molecule has 5 nitrogen and oxygen atoms in total. The molecule has 1 N–H and O–H groups in total. The first-order chi connectivity index (χ1) is 14.1. The molecule has 1 aliphatic carbocycles. The van der Waals surface area contributed by atoms with Crippen molar-refractivity contribution in [2.75, 3.05) is 18.0 Å². The average Bonchev–Trinajstić information content (AvgIpc) is 3.55. The minimum Gasteiger partial charge on any atom is -0.354 e. The zero-order chi connectivity index (χ0) is 20.2. The maximum atomic E-state index is 12.4. The minimum absolute atomic E-state index is 0.0249. The van der Waals surface area contributed by atoms with Crippen molar-refractivity contribution in [3.8, 4) is 0 Å². The Morgan fingerprint density at radius 1 is 1.21 bits per heavy atom. The number of carbonyl (C=O) groups excluding carboxylic acids is 1. The molecule has 2 fully saturated rings. The van der Waals surface area contributed by atoms with E-state index in [9.17, 15) is 4.79 Å². The summed E-state index contributed by atoms with van der Waals surface area (Å²) in [5.41, 5.74) is 2.85. The average molecular weight is 411 g/mol. The second kappa shape index (κ2) is 9.16. The molecular formula is C23H30N4OS. The Kier molecular flexibility index (Phi) is 6.38. The van der Waals surface area contributed by atoms with Gasteiger partial charge in [-0.3, -0.25) is 4.79 Å². The van der Waals surface area contributed by atoms with E-state index < -0.39 is 0 Å². The highest BCUT2D eigenvalue weighted by molar-refractivity contribution is 7.98. The van der Waals surface area contributed by atoms with Crippen molar-refractivity contribution in [3.05, 3.63) is 47.2 Å². The predicted molar refractivity (Wildman–Crippen MR) is 118 cm³/mol. The smallest absolute Gasteiger partial charge is 0.251 e. The highest BCUT2D eigenvalue weighted by Gasteiger charge is 2.22. The number of nitrogens with zero attached hydrogens (tertiary/aromatic N) is 3. The fourth-order valence-electron chi connectivity index (χ4n) is 3.79. The van der Waals surface area contributed by atoms with Gasteiger partial charge in [0.15, 0.2) is 5.16 Å². The van der Waals surface area contributed by atoms with E-state index >= 15 is 0 Å². The van der Waals surface area contributed by atoms with Crippen LogP contribution in [0.1, 0.15) is 60.6 Å². The summed E-state index contributed by atoms with van der Waals surface area (Å²) in [5, 5.41) is 3.85. The van der Waals surface area contributed by atoms with Gasteiger partial charge in [-0.15, -0.1) is 0 Å². The number of hydrogen-bond donors (Lipinski definition) is 1. The molecule has 0 spiro atoms. The van der Waals surface area contributed by atoms with Gasteiger partial charge in [0.25, 0.3) is 5.91 Å². The number of piperidine rings is 1. The van der Waals surface area contributed by atoms with Crippen LogP contribution in [0.5, 0.6) is 0 Å². The van der Waals surface area contributed by atoms with Crippen molar-refractivity contribution in [2.24, 2.45) is 5.92 Å². The van der Waals surface area contributed by atoms with E-state index in [-0.39, 0.29) is 5.91 Å². The fourth-order valence-corrected chi connectivity index (χ4v) is 4.63. The van der Waals surface area contributed by atoms with Crippen LogP contribution in [0.15, 0.2) is 35.5 Å². The zero-order valence-electron chi connectivity index (χ0n) is 17.4. The van der Waals surface area contributed by atoms with E-state index in [0.717, 1.165) is 46.6 Å². The molecule has 1 unspecified atom stereocenters. The van der Waals surface area contributed by atoms with Gasteiger partial charge in [0.2, 0.25) is 0 Å². The summed E-state index contributed by atoms with van der Waals surface area (Å²) in [6.45, 7) is 6.18. The van der Waals surface area contributed by atoms with Crippen molar-refractivity contribution in [2.45, 2.75) is 62.9 Å². The summed E-state index contributed by atoms with van der Waals surface area (Å²) in [4.78, 5) is 24.2. The molecule has 1 aliphatic heterocycles. The van der Waals surface area contributed by atoms with Gasteiger partial charge in [-0.25, -0.2) is 9.97 Å². The maximum absolute atomic E-state index is 12.4. The van der Waals surface area contributed by atoms with Crippen LogP contribution in [0.3, 0.4) is 0 Å². The van der Waals surface area contributed by atoms with Gasteiger partial charge >= 0.3 is 0 Å². The Balaban J connectivity index is 1.40. The molecule has 1 saturated heterocycles. The Hall–Kier alpha value is -2.08. The summed E-state index contributed by atoms with van der Waals surface area (Å²) in [5.74, 6) is 2.51. The Morgan fingerprint density at radius 2 is 2.07 bits per heavy atom. The van der Waals surface area contributed by atoms with Crippen LogP contribution < -0.4 is 10.2 Å².